The van der Waals surface area contributed by atoms with Crippen molar-refractivity contribution in [3.63, 3.8) is 0 Å². The van der Waals surface area contributed by atoms with Crippen LogP contribution in [0.5, 0.6) is 0 Å². The maximum absolute atomic E-state index is 12.4. The molecule has 2 fully saturated rings. The summed E-state index contributed by atoms with van der Waals surface area (Å²) < 4.78 is 24.7. The standard InChI is InChI=1S/C16H23ClN2O2S/c17-14-3-5-16(6-4-14)22(20,21)12-11-18-10-7-15(13-18)19-8-1-2-9-19/h3-6,15H,1-2,7-13H2/t15-/m1/s1. The number of rotatable bonds is 5. The minimum absolute atomic E-state index is 0.182. The number of hydrogen-bond acceptors (Lipinski definition) is 4. The van der Waals surface area contributed by atoms with E-state index in [2.05, 4.69) is 9.80 Å². The van der Waals surface area contributed by atoms with Gasteiger partial charge >= 0.3 is 0 Å². The average molecular weight is 343 g/mol. The van der Waals surface area contributed by atoms with Gasteiger partial charge in [-0.3, -0.25) is 4.90 Å². The molecule has 6 heteroatoms. The van der Waals surface area contributed by atoms with Gasteiger partial charge in [-0.1, -0.05) is 11.6 Å². The van der Waals surface area contributed by atoms with E-state index in [1.54, 1.807) is 24.3 Å². The highest BCUT2D eigenvalue weighted by Gasteiger charge is 2.29. The first-order valence-electron chi connectivity index (χ1n) is 7.99. The summed E-state index contributed by atoms with van der Waals surface area (Å²) in [4.78, 5) is 5.22. The Hall–Kier alpha value is -0.620. The second kappa shape index (κ2) is 6.87. The number of likely N-dealkylation sites (tertiary alicyclic amines) is 2. The summed E-state index contributed by atoms with van der Waals surface area (Å²) in [5, 5.41) is 0.562. The minimum Gasteiger partial charge on any atom is -0.301 e. The smallest absolute Gasteiger partial charge is 0.179 e. The van der Waals surface area contributed by atoms with Crippen molar-refractivity contribution in [1.29, 1.82) is 0 Å². The fraction of sp³-hybridized carbons (Fsp3) is 0.625. The predicted molar refractivity (Wildman–Crippen MR) is 89.2 cm³/mol. The molecule has 0 bridgehead atoms. The van der Waals surface area contributed by atoms with Gasteiger partial charge < -0.3 is 4.90 Å². The first-order valence-corrected chi connectivity index (χ1v) is 10.0. The van der Waals surface area contributed by atoms with E-state index in [0.717, 1.165) is 13.1 Å². The van der Waals surface area contributed by atoms with Crippen LogP contribution in [0.4, 0.5) is 0 Å². The van der Waals surface area contributed by atoms with E-state index in [9.17, 15) is 8.42 Å². The van der Waals surface area contributed by atoms with Gasteiger partial charge in [-0.25, -0.2) is 8.42 Å². The molecule has 0 saturated carbocycles. The van der Waals surface area contributed by atoms with Gasteiger partial charge in [0.2, 0.25) is 0 Å². The van der Waals surface area contributed by atoms with E-state index < -0.39 is 9.84 Å². The van der Waals surface area contributed by atoms with Crippen LogP contribution in [0.1, 0.15) is 19.3 Å². The molecular formula is C16H23ClN2O2S. The van der Waals surface area contributed by atoms with Crippen LogP contribution in [0.25, 0.3) is 0 Å². The molecule has 0 unspecified atom stereocenters. The van der Waals surface area contributed by atoms with E-state index in [1.807, 2.05) is 0 Å². The number of halogens is 1. The number of benzene rings is 1. The summed E-state index contributed by atoms with van der Waals surface area (Å²) in [6.45, 7) is 5.06. The van der Waals surface area contributed by atoms with Crippen molar-refractivity contribution in [3.05, 3.63) is 29.3 Å². The molecule has 0 aliphatic carbocycles. The van der Waals surface area contributed by atoms with Crippen molar-refractivity contribution in [1.82, 2.24) is 9.80 Å². The molecule has 1 atom stereocenters. The fourth-order valence-corrected chi connectivity index (χ4v) is 4.84. The second-order valence-electron chi connectivity index (χ2n) is 6.26. The highest BCUT2D eigenvalue weighted by atomic mass is 35.5. The Morgan fingerprint density at radius 2 is 1.77 bits per heavy atom. The lowest BCUT2D eigenvalue weighted by molar-refractivity contribution is 0.235. The average Bonchev–Trinajstić information content (AvgIpc) is 3.17. The molecular weight excluding hydrogens is 320 g/mol. The maximum atomic E-state index is 12.4. The van der Waals surface area contributed by atoms with Crippen molar-refractivity contribution in [2.24, 2.45) is 0 Å². The summed E-state index contributed by atoms with van der Waals surface area (Å²) in [7, 11) is -3.21. The zero-order chi connectivity index (χ0) is 15.6. The van der Waals surface area contributed by atoms with E-state index in [4.69, 9.17) is 11.6 Å². The van der Waals surface area contributed by atoms with Crippen LogP contribution in [-0.4, -0.2) is 62.7 Å². The first kappa shape index (κ1) is 16.2. The Kier molecular flexibility index (Phi) is 5.07. The Morgan fingerprint density at radius 1 is 1.09 bits per heavy atom. The van der Waals surface area contributed by atoms with Crippen LogP contribution in [-0.2, 0) is 9.84 Å². The molecule has 0 aromatic heterocycles. The molecule has 4 nitrogen and oxygen atoms in total. The SMILES string of the molecule is O=S(=O)(CCN1CC[C@@H](N2CCCC2)C1)c1ccc(Cl)cc1. The van der Waals surface area contributed by atoms with Gasteiger partial charge in [-0.15, -0.1) is 0 Å². The third kappa shape index (κ3) is 3.82. The lowest BCUT2D eigenvalue weighted by atomic mass is 10.2. The van der Waals surface area contributed by atoms with Crippen molar-refractivity contribution in [2.75, 3.05) is 38.5 Å². The largest absolute Gasteiger partial charge is 0.301 e. The zero-order valence-corrected chi connectivity index (χ0v) is 14.3. The van der Waals surface area contributed by atoms with Gasteiger partial charge in [0, 0.05) is 24.2 Å². The van der Waals surface area contributed by atoms with E-state index in [1.165, 1.54) is 32.4 Å². The molecule has 2 aliphatic heterocycles. The normalized spacial score (nSPS) is 24.1. The number of nitrogens with zero attached hydrogens (tertiary/aromatic N) is 2. The minimum atomic E-state index is -3.21. The van der Waals surface area contributed by atoms with Gasteiger partial charge in [0.15, 0.2) is 9.84 Å². The quantitative estimate of drug-likeness (QED) is 0.823. The van der Waals surface area contributed by atoms with Gasteiger partial charge in [-0.2, -0.15) is 0 Å². The van der Waals surface area contributed by atoms with Gasteiger partial charge in [0.25, 0.3) is 0 Å². The van der Waals surface area contributed by atoms with E-state index in [0.29, 0.717) is 22.5 Å². The summed E-state index contributed by atoms with van der Waals surface area (Å²) in [6.07, 6.45) is 3.78. The van der Waals surface area contributed by atoms with Crippen LogP contribution >= 0.6 is 11.6 Å². The second-order valence-corrected chi connectivity index (χ2v) is 8.80. The number of hydrogen-bond donors (Lipinski definition) is 0. The first-order chi connectivity index (χ1) is 10.5. The van der Waals surface area contributed by atoms with Crippen LogP contribution in [0.2, 0.25) is 5.02 Å². The summed E-state index contributed by atoms with van der Waals surface area (Å²) in [5.41, 5.74) is 0. The van der Waals surface area contributed by atoms with Crippen molar-refractivity contribution < 1.29 is 8.42 Å². The summed E-state index contributed by atoms with van der Waals surface area (Å²) in [6, 6.07) is 7.07. The Morgan fingerprint density at radius 3 is 2.45 bits per heavy atom. The monoisotopic (exact) mass is 342 g/mol. The van der Waals surface area contributed by atoms with Crippen LogP contribution in [0, 0.1) is 0 Å². The van der Waals surface area contributed by atoms with E-state index >= 15 is 0 Å². The van der Waals surface area contributed by atoms with Crippen molar-refractivity contribution in [2.45, 2.75) is 30.2 Å². The van der Waals surface area contributed by atoms with Crippen LogP contribution in [0.3, 0.4) is 0 Å². The van der Waals surface area contributed by atoms with Crippen LogP contribution < -0.4 is 0 Å². The lowest BCUT2D eigenvalue weighted by Crippen LogP contribution is -2.36. The maximum Gasteiger partial charge on any atom is 0.179 e. The lowest BCUT2D eigenvalue weighted by Gasteiger charge is -2.23. The highest BCUT2D eigenvalue weighted by molar-refractivity contribution is 7.91. The van der Waals surface area contributed by atoms with Gasteiger partial charge in [0.05, 0.1) is 10.6 Å². The molecule has 0 amide bonds. The Balaban J connectivity index is 1.53. The Bertz CT molecular complexity index is 597. The molecule has 1 aromatic carbocycles. The fourth-order valence-electron chi connectivity index (χ4n) is 3.43. The zero-order valence-electron chi connectivity index (χ0n) is 12.7. The van der Waals surface area contributed by atoms with Crippen molar-refractivity contribution in [3.8, 4) is 0 Å². The molecule has 0 spiro atoms. The third-order valence-electron chi connectivity index (χ3n) is 4.75. The van der Waals surface area contributed by atoms with Crippen LogP contribution in [0.15, 0.2) is 29.2 Å². The molecule has 2 saturated heterocycles. The molecule has 0 N–H and O–H groups in total. The molecule has 1 aromatic rings. The summed E-state index contributed by atoms with van der Waals surface area (Å²) in [5.74, 6) is 0.182. The highest BCUT2D eigenvalue weighted by Crippen LogP contribution is 2.21. The third-order valence-corrected chi connectivity index (χ3v) is 6.72. The summed E-state index contributed by atoms with van der Waals surface area (Å²) >= 11 is 5.81. The molecule has 2 heterocycles. The molecule has 122 valence electrons. The Labute approximate surface area is 138 Å². The number of sulfone groups is 1. The molecule has 22 heavy (non-hydrogen) atoms. The molecule has 3 rings (SSSR count). The van der Waals surface area contributed by atoms with E-state index in [-0.39, 0.29) is 5.75 Å². The van der Waals surface area contributed by atoms with Crippen molar-refractivity contribution >= 4 is 21.4 Å². The van der Waals surface area contributed by atoms with Gasteiger partial charge in [0.1, 0.15) is 0 Å². The molecule has 0 radical (unpaired) electrons. The predicted octanol–water partition coefficient (Wildman–Crippen LogP) is 2.28. The van der Waals surface area contributed by atoms with Gasteiger partial charge in [-0.05, 0) is 63.2 Å². The molecule has 2 aliphatic rings. The topological polar surface area (TPSA) is 40.6 Å².